The lowest BCUT2D eigenvalue weighted by molar-refractivity contribution is 0.135. The molecule has 0 fully saturated rings. The Bertz CT molecular complexity index is 337. The van der Waals surface area contributed by atoms with Gasteiger partial charge in [0.05, 0.1) is 6.10 Å². The molecule has 0 bridgehead atoms. The van der Waals surface area contributed by atoms with E-state index in [-0.39, 0.29) is 6.10 Å². The maximum atomic E-state index is 5.69. The number of thiocarbonyl (C=S) groups is 1. The zero-order valence-corrected chi connectivity index (χ0v) is 10.4. The third-order valence-electron chi connectivity index (χ3n) is 2.20. The lowest BCUT2D eigenvalue weighted by Crippen LogP contribution is -2.14. The van der Waals surface area contributed by atoms with Gasteiger partial charge in [0.15, 0.2) is 0 Å². The molecule has 1 atom stereocenters. The summed E-state index contributed by atoms with van der Waals surface area (Å²) in [5.74, 6) is 0.823. The lowest BCUT2D eigenvalue weighted by Gasteiger charge is -2.14. The van der Waals surface area contributed by atoms with Gasteiger partial charge in [-0.05, 0) is 31.2 Å². The molecule has 4 heteroatoms. The van der Waals surface area contributed by atoms with Crippen molar-refractivity contribution < 1.29 is 9.47 Å². The summed E-state index contributed by atoms with van der Waals surface area (Å²) in [6.45, 7) is 2.71. The number of ether oxygens (including phenoxy) is 2. The van der Waals surface area contributed by atoms with Crippen LogP contribution in [-0.2, 0) is 4.74 Å². The number of hydrogen-bond donors (Lipinski definition) is 1. The van der Waals surface area contributed by atoms with E-state index in [0.29, 0.717) is 11.6 Å². The first-order valence-electron chi connectivity index (χ1n) is 5.19. The molecule has 0 aliphatic heterocycles. The summed E-state index contributed by atoms with van der Waals surface area (Å²) >= 11 is 4.87. The molecule has 0 saturated heterocycles. The van der Waals surface area contributed by atoms with Crippen LogP contribution in [0.25, 0.3) is 0 Å². The first kappa shape index (κ1) is 12.9. The largest absolute Gasteiger partial charge is 0.491 e. The van der Waals surface area contributed by atoms with Gasteiger partial charge in [0.1, 0.15) is 10.7 Å². The summed E-state index contributed by atoms with van der Waals surface area (Å²) in [7, 11) is 1.68. The van der Waals surface area contributed by atoms with Crippen LogP contribution in [0.3, 0.4) is 0 Å². The monoisotopic (exact) mass is 239 g/mol. The summed E-state index contributed by atoms with van der Waals surface area (Å²) in [4.78, 5) is 0.402. The highest BCUT2D eigenvalue weighted by Gasteiger charge is 2.04. The number of methoxy groups -OCH3 is 1. The minimum atomic E-state index is 0.135. The second kappa shape index (κ2) is 6.45. The van der Waals surface area contributed by atoms with E-state index in [9.17, 15) is 0 Å². The Balaban J connectivity index is 2.51. The van der Waals surface area contributed by atoms with Crippen molar-refractivity contribution in [2.45, 2.75) is 19.4 Å². The average molecular weight is 239 g/mol. The van der Waals surface area contributed by atoms with Gasteiger partial charge >= 0.3 is 0 Å². The zero-order chi connectivity index (χ0) is 12.0. The van der Waals surface area contributed by atoms with Gasteiger partial charge in [-0.25, -0.2) is 0 Å². The molecule has 1 aromatic rings. The maximum Gasteiger partial charge on any atom is 0.119 e. The van der Waals surface area contributed by atoms with Crippen molar-refractivity contribution in [2.75, 3.05) is 13.7 Å². The topological polar surface area (TPSA) is 44.5 Å². The maximum absolute atomic E-state index is 5.69. The third-order valence-corrected chi connectivity index (χ3v) is 2.44. The smallest absolute Gasteiger partial charge is 0.119 e. The second-order valence-corrected chi connectivity index (χ2v) is 4.04. The van der Waals surface area contributed by atoms with Gasteiger partial charge in [-0.1, -0.05) is 12.2 Å². The second-order valence-electron chi connectivity index (χ2n) is 3.60. The number of benzene rings is 1. The fraction of sp³-hybridized carbons (Fsp3) is 0.417. The van der Waals surface area contributed by atoms with Crippen LogP contribution in [0.2, 0.25) is 0 Å². The van der Waals surface area contributed by atoms with Gasteiger partial charge in [0.2, 0.25) is 0 Å². The molecular formula is C12H17NO2S. The Morgan fingerprint density at radius 3 is 2.50 bits per heavy atom. The number of hydrogen-bond acceptors (Lipinski definition) is 3. The summed E-state index contributed by atoms with van der Waals surface area (Å²) in [5.41, 5.74) is 6.36. The van der Waals surface area contributed by atoms with E-state index in [0.717, 1.165) is 17.7 Å². The quantitative estimate of drug-likeness (QED) is 0.772. The summed E-state index contributed by atoms with van der Waals surface area (Å²) < 4.78 is 10.7. The lowest BCUT2D eigenvalue weighted by atomic mass is 10.2. The van der Waals surface area contributed by atoms with E-state index in [4.69, 9.17) is 27.4 Å². The highest BCUT2D eigenvalue weighted by atomic mass is 32.1. The van der Waals surface area contributed by atoms with Crippen LogP contribution in [-0.4, -0.2) is 24.8 Å². The summed E-state index contributed by atoms with van der Waals surface area (Å²) in [5, 5.41) is 0. The van der Waals surface area contributed by atoms with Gasteiger partial charge in [-0.15, -0.1) is 0 Å². The molecule has 1 rings (SSSR count). The Morgan fingerprint density at radius 2 is 2.00 bits per heavy atom. The van der Waals surface area contributed by atoms with E-state index in [1.807, 2.05) is 31.2 Å². The van der Waals surface area contributed by atoms with E-state index in [2.05, 4.69) is 0 Å². The molecule has 0 amide bonds. The fourth-order valence-electron chi connectivity index (χ4n) is 1.27. The van der Waals surface area contributed by atoms with E-state index >= 15 is 0 Å². The van der Waals surface area contributed by atoms with Crippen molar-refractivity contribution >= 4 is 17.2 Å². The Morgan fingerprint density at radius 1 is 1.38 bits per heavy atom. The molecule has 1 aromatic carbocycles. The molecule has 2 N–H and O–H groups in total. The number of rotatable bonds is 6. The minimum Gasteiger partial charge on any atom is -0.491 e. The normalized spacial score (nSPS) is 12.1. The first-order valence-corrected chi connectivity index (χ1v) is 5.59. The Hall–Kier alpha value is -1.13. The molecule has 16 heavy (non-hydrogen) atoms. The molecule has 0 aromatic heterocycles. The first-order chi connectivity index (χ1) is 7.63. The zero-order valence-electron chi connectivity index (χ0n) is 9.60. The van der Waals surface area contributed by atoms with E-state index in [1.165, 1.54) is 0 Å². The molecule has 3 nitrogen and oxygen atoms in total. The van der Waals surface area contributed by atoms with Crippen LogP contribution < -0.4 is 10.5 Å². The molecule has 1 unspecified atom stereocenters. The van der Waals surface area contributed by atoms with Crippen molar-refractivity contribution in [1.82, 2.24) is 0 Å². The van der Waals surface area contributed by atoms with Gasteiger partial charge < -0.3 is 15.2 Å². The Labute approximate surface area is 102 Å². The van der Waals surface area contributed by atoms with Crippen LogP contribution in [0.15, 0.2) is 24.3 Å². The molecule has 0 radical (unpaired) electrons. The van der Waals surface area contributed by atoms with Crippen molar-refractivity contribution in [3.63, 3.8) is 0 Å². The van der Waals surface area contributed by atoms with Crippen LogP contribution in [0.4, 0.5) is 0 Å². The number of nitrogens with two attached hydrogens (primary N) is 1. The fourth-order valence-corrected chi connectivity index (χ4v) is 1.41. The molecule has 0 spiro atoms. The van der Waals surface area contributed by atoms with Crippen LogP contribution >= 0.6 is 12.2 Å². The van der Waals surface area contributed by atoms with Gasteiger partial charge in [-0.3, -0.25) is 0 Å². The molecule has 0 aliphatic rings. The molecule has 0 aliphatic carbocycles. The van der Waals surface area contributed by atoms with Crippen molar-refractivity contribution in [1.29, 1.82) is 0 Å². The third kappa shape index (κ3) is 4.16. The average Bonchev–Trinajstić information content (AvgIpc) is 2.27. The molecular weight excluding hydrogens is 222 g/mol. The van der Waals surface area contributed by atoms with Crippen molar-refractivity contribution in [3.8, 4) is 5.75 Å². The Kier molecular flexibility index (Phi) is 5.22. The predicted octanol–water partition coefficient (Wildman–Crippen LogP) is 2.12. The van der Waals surface area contributed by atoms with E-state index < -0.39 is 0 Å². The van der Waals surface area contributed by atoms with Gasteiger partial charge in [0.25, 0.3) is 0 Å². The van der Waals surface area contributed by atoms with Crippen molar-refractivity contribution in [2.24, 2.45) is 5.73 Å². The standard InChI is InChI=1S/C12H17NO2S/c1-9(7-8-14-2)15-11-5-3-10(4-6-11)12(13)16/h3-6,9H,7-8H2,1-2H3,(H2,13,16). The van der Waals surface area contributed by atoms with Crippen LogP contribution in [0, 0.1) is 0 Å². The van der Waals surface area contributed by atoms with Gasteiger partial charge in [0, 0.05) is 25.7 Å². The van der Waals surface area contributed by atoms with Crippen LogP contribution in [0.5, 0.6) is 5.75 Å². The summed E-state index contributed by atoms with van der Waals surface area (Å²) in [6, 6.07) is 7.47. The predicted molar refractivity (Wildman–Crippen MR) is 68.9 cm³/mol. The van der Waals surface area contributed by atoms with E-state index in [1.54, 1.807) is 7.11 Å². The SMILES string of the molecule is COCCC(C)Oc1ccc(C(N)=S)cc1. The molecule has 0 saturated carbocycles. The van der Waals surface area contributed by atoms with Crippen LogP contribution in [0.1, 0.15) is 18.9 Å². The minimum absolute atomic E-state index is 0.135. The summed E-state index contributed by atoms with van der Waals surface area (Å²) in [6.07, 6.45) is 1.00. The molecule has 0 heterocycles. The van der Waals surface area contributed by atoms with Gasteiger partial charge in [-0.2, -0.15) is 0 Å². The molecule has 88 valence electrons. The highest BCUT2D eigenvalue weighted by Crippen LogP contribution is 2.14. The van der Waals surface area contributed by atoms with Crippen molar-refractivity contribution in [3.05, 3.63) is 29.8 Å². The highest BCUT2D eigenvalue weighted by molar-refractivity contribution is 7.80.